The zero-order valence-corrected chi connectivity index (χ0v) is 8.74. The van der Waals surface area contributed by atoms with E-state index in [0.717, 1.165) is 0 Å². The van der Waals surface area contributed by atoms with Gasteiger partial charge in [0.15, 0.2) is 10.8 Å². The van der Waals surface area contributed by atoms with Crippen molar-refractivity contribution in [3.8, 4) is 11.8 Å². The van der Waals surface area contributed by atoms with Crippen molar-refractivity contribution in [1.82, 2.24) is 9.55 Å². The van der Waals surface area contributed by atoms with Crippen LogP contribution in [0.25, 0.3) is 5.69 Å². The average molecular weight is 237 g/mol. The minimum atomic E-state index is -0.368. The molecule has 2 rings (SSSR count). The molecule has 16 heavy (non-hydrogen) atoms. The van der Waals surface area contributed by atoms with Crippen molar-refractivity contribution >= 4 is 17.5 Å². The third-order valence-corrected chi connectivity index (χ3v) is 2.32. The van der Waals surface area contributed by atoms with Crippen LogP contribution >= 0.6 is 11.6 Å². The van der Waals surface area contributed by atoms with Gasteiger partial charge in [0.2, 0.25) is 5.95 Å². The van der Waals surface area contributed by atoms with Gasteiger partial charge in [-0.3, -0.25) is 4.57 Å². The average Bonchev–Trinajstić information content (AvgIpc) is 2.54. The molecule has 0 spiro atoms. The normalized spacial score (nSPS) is 10.1. The van der Waals surface area contributed by atoms with E-state index < -0.39 is 0 Å². The Bertz CT molecular complexity index is 568. The second kappa shape index (κ2) is 3.83. The number of benzene rings is 1. The molecule has 1 heterocycles. The van der Waals surface area contributed by atoms with Gasteiger partial charge in [-0.1, -0.05) is 11.6 Å². The molecule has 80 valence electrons. The molecule has 0 aliphatic carbocycles. The van der Waals surface area contributed by atoms with Gasteiger partial charge in [-0.15, -0.1) is 0 Å². The molecule has 2 aromatic rings. The summed E-state index contributed by atoms with van der Waals surface area (Å²) in [5.41, 5.74) is 6.28. The largest absolute Gasteiger partial charge is 0.369 e. The van der Waals surface area contributed by atoms with Crippen molar-refractivity contribution < 1.29 is 4.39 Å². The second-order valence-electron chi connectivity index (χ2n) is 3.03. The Balaban J connectivity index is 2.64. The van der Waals surface area contributed by atoms with Crippen molar-refractivity contribution in [2.45, 2.75) is 0 Å². The van der Waals surface area contributed by atoms with E-state index in [1.54, 1.807) is 0 Å². The molecule has 0 radical (unpaired) electrons. The highest BCUT2D eigenvalue weighted by atomic mass is 35.5. The number of hydrogen-bond acceptors (Lipinski definition) is 3. The number of nitrogens with zero attached hydrogens (tertiary/aromatic N) is 3. The first-order valence-electron chi connectivity index (χ1n) is 4.33. The van der Waals surface area contributed by atoms with Gasteiger partial charge in [0.05, 0.1) is 5.69 Å². The number of nitrogens with two attached hydrogens (primary N) is 1. The quantitative estimate of drug-likeness (QED) is 0.825. The van der Waals surface area contributed by atoms with E-state index in [1.807, 2.05) is 6.07 Å². The minimum Gasteiger partial charge on any atom is -0.369 e. The van der Waals surface area contributed by atoms with Gasteiger partial charge in [-0.25, -0.2) is 4.39 Å². The van der Waals surface area contributed by atoms with Crippen LogP contribution < -0.4 is 5.73 Å². The summed E-state index contributed by atoms with van der Waals surface area (Å²) >= 11 is 5.72. The first-order chi connectivity index (χ1) is 7.63. The van der Waals surface area contributed by atoms with Crippen molar-refractivity contribution in [3.63, 3.8) is 0 Å². The summed E-state index contributed by atoms with van der Waals surface area (Å²) in [5, 5.41) is 8.94. The van der Waals surface area contributed by atoms with Crippen LogP contribution in [0.15, 0.2) is 24.3 Å². The van der Waals surface area contributed by atoms with Gasteiger partial charge >= 0.3 is 0 Å². The molecule has 2 N–H and O–H groups in total. The molecule has 0 bridgehead atoms. The van der Waals surface area contributed by atoms with E-state index in [4.69, 9.17) is 22.6 Å². The van der Waals surface area contributed by atoms with E-state index >= 15 is 0 Å². The summed E-state index contributed by atoms with van der Waals surface area (Å²) in [5.74, 6) is -0.278. The highest BCUT2D eigenvalue weighted by Gasteiger charge is 2.14. The fraction of sp³-hybridized carbons (Fsp3) is 0. The van der Waals surface area contributed by atoms with Gasteiger partial charge in [0, 0.05) is 0 Å². The topological polar surface area (TPSA) is 67.6 Å². The van der Waals surface area contributed by atoms with Crippen molar-refractivity contribution in [3.05, 3.63) is 40.9 Å². The van der Waals surface area contributed by atoms with Crippen LogP contribution in [0.3, 0.4) is 0 Å². The molecule has 0 saturated heterocycles. The van der Waals surface area contributed by atoms with Crippen LogP contribution in [0.5, 0.6) is 0 Å². The van der Waals surface area contributed by atoms with E-state index in [-0.39, 0.29) is 22.6 Å². The van der Waals surface area contributed by atoms with Crippen LogP contribution in [0, 0.1) is 17.1 Å². The Labute approximate surface area is 95.7 Å². The van der Waals surface area contributed by atoms with Gasteiger partial charge in [-0.05, 0) is 24.3 Å². The first kappa shape index (κ1) is 10.5. The Morgan fingerprint density at radius 2 is 2.00 bits per heavy atom. The van der Waals surface area contributed by atoms with Crippen LogP contribution in [0.4, 0.5) is 10.3 Å². The molecule has 0 unspecified atom stereocenters. The molecule has 0 fully saturated rings. The first-order valence-corrected chi connectivity index (χ1v) is 4.71. The van der Waals surface area contributed by atoms with Gasteiger partial charge in [-0.2, -0.15) is 10.2 Å². The Morgan fingerprint density at radius 1 is 1.38 bits per heavy atom. The van der Waals surface area contributed by atoms with Crippen molar-refractivity contribution in [2.75, 3.05) is 5.73 Å². The summed E-state index contributed by atoms with van der Waals surface area (Å²) in [6.07, 6.45) is 0. The molecule has 1 aromatic carbocycles. The lowest BCUT2D eigenvalue weighted by Gasteiger charge is -2.05. The number of imidazole rings is 1. The van der Waals surface area contributed by atoms with Gasteiger partial charge in [0.25, 0.3) is 0 Å². The van der Waals surface area contributed by atoms with E-state index in [1.165, 1.54) is 28.8 Å². The van der Waals surface area contributed by atoms with Crippen molar-refractivity contribution in [1.29, 1.82) is 5.26 Å². The highest BCUT2D eigenvalue weighted by molar-refractivity contribution is 6.30. The number of nitrogen functional groups attached to an aromatic ring is 1. The second-order valence-corrected chi connectivity index (χ2v) is 3.39. The fourth-order valence-electron chi connectivity index (χ4n) is 1.36. The molecule has 0 atom stereocenters. The summed E-state index contributed by atoms with van der Waals surface area (Å²) in [6.45, 7) is 0. The predicted molar refractivity (Wildman–Crippen MR) is 57.7 cm³/mol. The molecule has 0 aliphatic heterocycles. The smallest absolute Gasteiger partial charge is 0.207 e. The number of hydrogen-bond donors (Lipinski definition) is 1. The van der Waals surface area contributed by atoms with Gasteiger partial charge in [0.1, 0.15) is 11.9 Å². The maximum Gasteiger partial charge on any atom is 0.207 e. The maximum absolute atomic E-state index is 12.7. The highest BCUT2D eigenvalue weighted by Crippen LogP contribution is 2.22. The zero-order chi connectivity index (χ0) is 11.7. The lowest BCUT2D eigenvalue weighted by molar-refractivity contribution is 0.627. The Hall–Kier alpha value is -2.06. The molecular formula is C10H6ClFN4. The van der Waals surface area contributed by atoms with E-state index in [0.29, 0.717) is 5.69 Å². The fourth-order valence-corrected chi connectivity index (χ4v) is 1.57. The van der Waals surface area contributed by atoms with E-state index in [9.17, 15) is 4.39 Å². The van der Waals surface area contributed by atoms with Gasteiger partial charge < -0.3 is 5.73 Å². The van der Waals surface area contributed by atoms with E-state index in [2.05, 4.69) is 4.98 Å². The van der Waals surface area contributed by atoms with Crippen LogP contribution in [-0.4, -0.2) is 9.55 Å². The van der Waals surface area contributed by atoms with Crippen molar-refractivity contribution in [2.24, 2.45) is 0 Å². The standard InChI is InChI=1S/C10H6ClFN4/c11-9-8(5-13)16(10(14)15-9)7-3-1-6(12)2-4-7/h1-4H,(H2,14,15). The monoisotopic (exact) mass is 236 g/mol. The third kappa shape index (κ3) is 1.59. The lowest BCUT2D eigenvalue weighted by atomic mass is 10.3. The van der Waals surface area contributed by atoms with Crippen LogP contribution in [0.1, 0.15) is 5.69 Å². The molecule has 6 heteroatoms. The zero-order valence-electron chi connectivity index (χ0n) is 7.98. The molecule has 0 aliphatic rings. The number of aromatic nitrogens is 2. The summed E-state index contributed by atoms with van der Waals surface area (Å²) < 4.78 is 14.1. The summed E-state index contributed by atoms with van der Waals surface area (Å²) in [6, 6.07) is 7.41. The number of rotatable bonds is 1. The third-order valence-electron chi connectivity index (χ3n) is 2.05. The summed E-state index contributed by atoms with van der Waals surface area (Å²) in [4.78, 5) is 3.77. The molecule has 0 amide bonds. The SMILES string of the molecule is N#Cc1c(Cl)nc(N)n1-c1ccc(F)cc1. The Morgan fingerprint density at radius 3 is 2.56 bits per heavy atom. The Kier molecular flexibility index (Phi) is 2.50. The number of halogens is 2. The maximum atomic E-state index is 12.7. The van der Waals surface area contributed by atoms with Crippen LogP contribution in [-0.2, 0) is 0 Å². The number of anilines is 1. The predicted octanol–water partition coefficient (Wildman–Crippen LogP) is 2.12. The number of nitriles is 1. The molecule has 1 aromatic heterocycles. The molecule has 0 saturated carbocycles. The molecular weight excluding hydrogens is 231 g/mol. The lowest BCUT2D eigenvalue weighted by Crippen LogP contribution is -2.02. The minimum absolute atomic E-state index is 0.0318. The van der Waals surface area contributed by atoms with Crippen LogP contribution in [0.2, 0.25) is 5.15 Å². The summed E-state index contributed by atoms with van der Waals surface area (Å²) in [7, 11) is 0. The molecule has 4 nitrogen and oxygen atoms in total.